The third-order valence-corrected chi connectivity index (χ3v) is 8.50. The number of carbonyl (C=O) groups excluding carboxylic acids is 2. The third-order valence-electron chi connectivity index (χ3n) is 6.61. The van der Waals surface area contributed by atoms with Crippen molar-refractivity contribution in [3.05, 3.63) is 23.8 Å². The zero-order valence-corrected chi connectivity index (χ0v) is 20.1. The predicted molar refractivity (Wildman–Crippen MR) is 124 cm³/mol. The highest BCUT2D eigenvalue weighted by Crippen LogP contribution is 2.35. The van der Waals surface area contributed by atoms with E-state index in [9.17, 15) is 18.0 Å². The normalized spacial score (nSPS) is 22.8. The fourth-order valence-corrected chi connectivity index (χ4v) is 6.11. The Kier molecular flexibility index (Phi) is 7.34. The Bertz CT molecular complexity index is 987. The number of morpholine rings is 1. The summed E-state index contributed by atoms with van der Waals surface area (Å²) in [6.07, 6.45) is 0.293. The summed E-state index contributed by atoms with van der Waals surface area (Å²) in [7, 11) is -1.55. The van der Waals surface area contributed by atoms with Crippen LogP contribution in [0.3, 0.4) is 0 Å². The number of fused-ring (bicyclic) bond motifs is 1. The lowest BCUT2D eigenvalue weighted by molar-refractivity contribution is -0.125. The number of anilines is 1. The molecule has 0 saturated carbocycles. The molecule has 0 unspecified atom stereocenters. The van der Waals surface area contributed by atoms with Crippen LogP contribution in [0, 0.1) is 0 Å². The molecule has 1 aromatic rings. The van der Waals surface area contributed by atoms with Crippen molar-refractivity contribution in [2.45, 2.75) is 24.3 Å². The molecule has 3 aliphatic rings. The molecule has 2 saturated heterocycles. The van der Waals surface area contributed by atoms with Crippen LogP contribution >= 0.6 is 0 Å². The minimum atomic E-state index is -3.65. The van der Waals surface area contributed by atoms with Crippen LogP contribution in [0.5, 0.6) is 0 Å². The van der Waals surface area contributed by atoms with Gasteiger partial charge in [0.2, 0.25) is 21.8 Å². The highest BCUT2D eigenvalue weighted by molar-refractivity contribution is 7.89. The lowest BCUT2D eigenvalue weighted by Gasteiger charge is -2.32. The quantitative estimate of drug-likeness (QED) is 0.578. The van der Waals surface area contributed by atoms with Gasteiger partial charge in [0, 0.05) is 71.4 Å². The molecule has 0 radical (unpaired) electrons. The van der Waals surface area contributed by atoms with Crippen LogP contribution in [-0.4, -0.2) is 113 Å². The summed E-state index contributed by atoms with van der Waals surface area (Å²) >= 11 is 0. The summed E-state index contributed by atoms with van der Waals surface area (Å²) in [4.78, 5) is 31.6. The fraction of sp³-hybridized carbons (Fsp3) is 0.636. The second-order valence-corrected chi connectivity index (χ2v) is 10.8. The molecule has 1 aromatic carbocycles. The molecule has 3 heterocycles. The molecule has 1 N–H and O–H groups in total. The van der Waals surface area contributed by atoms with Gasteiger partial charge >= 0.3 is 0 Å². The van der Waals surface area contributed by atoms with Crippen LogP contribution in [0.1, 0.15) is 12.5 Å². The molecule has 10 nitrogen and oxygen atoms in total. The molecular formula is C22H33N5O5S. The Morgan fingerprint density at radius 1 is 1.09 bits per heavy atom. The van der Waals surface area contributed by atoms with Gasteiger partial charge < -0.3 is 15.0 Å². The molecule has 2 amide bonds. The Labute approximate surface area is 195 Å². The van der Waals surface area contributed by atoms with E-state index in [2.05, 4.69) is 22.2 Å². The number of rotatable bonds is 6. The Balaban J connectivity index is 1.43. The number of likely N-dealkylation sites (N-methyl/N-ethyl adjacent to an activating group) is 1. The first-order valence-corrected chi connectivity index (χ1v) is 12.9. The number of benzene rings is 1. The second-order valence-electron chi connectivity index (χ2n) is 8.85. The van der Waals surface area contributed by atoms with Crippen LogP contribution < -0.4 is 10.2 Å². The minimum Gasteiger partial charge on any atom is -0.379 e. The summed E-state index contributed by atoms with van der Waals surface area (Å²) in [6, 6.07) is 4.09. The predicted octanol–water partition coefficient (Wildman–Crippen LogP) is -0.651. The van der Waals surface area contributed by atoms with Gasteiger partial charge in [-0.15, -0.1) is 0 Å². The largest absolute Gasteiger partial charge is 0.379 e. The molecule has 0 spiro atoms. The molecule has 0 aliphatic carbocycles. The molecule has 182 valence electrons. The van der Waals surface area contributed by atoms with Crippen molar-refractivity contribution >= 4 is 27.5 Å². The number of carbonyl (C=O) groups is 2. The van der Waals surface area contributed by atoms with Gasteiger partial charge in [0.15, 0.2) is 0 Å². The van der Waals surface area contributed by atoms with Gasteiger partial charge in [-0.25, -0.2) is 8.42 Å². The van der Waals surface area contributed by atoms with Gasteiger partial charge in [0.1, 0.15) is 6.04 Å². The zero-order chi connectivity index (χ0) is 23.6. The molecule has 4 rings (SSSR count). The standard InChI is InChI=1S/C22H33N5O5S/c1-17(28)27-20-4-3-19(33(30,31)26-11-13-32-14-12-26)15-18(20)16-21(27)22(29)23-5-6-25-9-7-24(2)8-10-25/h3-4,15,21H,5-14,16H2,1-2H3,(H,23,29)/t21-/m1/s1. The van der Waals surface area contributed by atoms with Crippen molar-refractivity contribution in [3.8, 4) is 0 Å². The number of sulfonamides is 1. The topological polar surface area (TPSA) is 102 Å². The zero-order valence-electron chi connectivity index (χ0n) is 19.3. The van der Waals surface area contributed by atoms with E-state index in [0.717, 1.165) is 32.7 Å². The lowest BCUT2D eigenvalue weighted by atomic mass is 10.1. The minimum absolute atomic E-state index is 0.183. The molecule has 1 atom stereocenters. The van der Waals surface area contributed by atoms with Crippen molar-refractivity contribution < 1.29 is 22.7 Å². The Hall–Kier alpha value is -2.05. The van der Waals surface area contributed by atoms with E-state index in [1.165, 1.54) is 22.2 Å². The number of piperazine rings is 1. The summed E-state index contributed by atoms with van der Waals surface area (Å²) in [5.74, 6) is -0.454. The van der Waals surface area contributed by atoms with Crippen molar-refractivity contribution in [1.82, 2.24) is 19.4 Å². The summed E-state index contributed by atoms with van der Waals surface area (Å²) in [6.45, 7) is 8.06. The summed E-state index contributed by atoms with van der Waals surface area (Å²) < 4.78 is 32.7. The molecule has 0 aromatic heterocycles. The SMILES string of the molecule is CC(=O)N1c2ccc(S(=O)(=O)N3CCOCC3)cc2C[C@@H]1C(=O)NCCN1CCN(C)CC1. The fourth-order valence-electron chi connectivity index (χ4n) is 4.65. The van der Waals surface area contributed by atoms with E-state index in [1.54, 1.807) is 12.1 Å². The van der Waals surface area contributed by atoms with Crippen molar-refractivity contribution in [1.29, 1.82) is 0 Å². The van der Waals surface area contributed by atoms with Crippen molar-refractivity contribution in [2.24, 2.45) is 0 Å². The van der Waals surface area contributed by atoms with Crippen LogP contribution in [0.2, 0.25) is 0 Å². The smallest absolute Gasteiger partial charge is 0.243 e. The molecule has 2 fully saturated rings. The number of amides is 2. The number of hydrogen-bond donors (Lipinski definition) is 1. The summed E-state index contributed by atoms with van der Waals surface area (Å²) in [5.41, 5.74) is 1.29. The van der Waals surface area contributed by atoms with E-state index in [0.29, 0.717) is 50.5 Å². The first-order chi connectivity index (χ1) is 15.8. The monoisotopic (exact) mass is 479 g/mol. The van der Waals surface area contributed by atoms with Gasteiger partial charge in [0.25, 0.3) is 0 Å². The van der Waals surface area contributed by atoms with Crippen LogP contribution in [-0.2, 0) is 30.8 Å². The van der Waals surface area contributed by atoms with Gasteiger partial charge in [-0.2, -0.15) is 4.31 Å². The first kappa shape index (κ1) is 24.1. The third kappa shape index (κ3) is 5.22. The van der Waals surface area contributed by atoms with Gasteiger partial charge in [-0.1, -0.05) is 0 Å². The maximum absolute atomic E-state index is 13.0. The van der Waals surface area contributed by atoms with E-state index in [1.807, 2.05) is 0 Å². The van der Waals surface area contributed by atoms with Crippen molar-refractivity contribution in [2.75, 3.05) is 77.5 Å². The van der Waals surface area contributed by atoms with Crippen LogP contribution in [0.25, 0.3) is 0 Å². The Morgan fingerprint density at radius 2 is 1.79 bits per heavy atom. The highest BCUT2D eigenvalue weighted by atomic mass is 32.2. The average Bonchev–Trinajstić information content (AvgIpc) is 3.20. The van der Waals surface area contributed by atoms with Gasteiger partial charge in [-0.05, 0) is 30.8 Å². The highest BCUT2D eigenvalue weighted by Gasteiger charge is 2.38. The summed E-state index contributed by atoms with van der Waals surface area (Å²) in [5, 5.41) is 2.97. The average molecular weight is 480 g/mol. The number of nitrogens with one attached hydrogen (secondary N) is 1. The van der Waals surface area contributed by atoms with Crippen molar-refractivity contribution in [3.63, 3.8) is 0 Å². The first-order valence-electron chi connectivity index (χ1n) is 11.5. The lowest BCUT2D eigenvalue weighted by Crippen LogP contribution is -2.50. The maximum Gasteiger partial charge on any atom is 0.243 e. The molecule has 33 heavy (non-hydrogen) atoms. The Morgan fingerprint density at radius 3 is 2.45 bits per heavy atom. The molecule has 11 heteroatoms. The second kappa shape index (κ2) is 10.1. The molecule has 3 aliphatic heterocycles. The van der Waals surface area contributed by atoms with E-state index in [-0.39, 0.29) is 16.7 Å². The van der Waals surface area contributed by atoms with E-state index >= 15 is 0 Å². The maximum atomic E-state index is 13.0. The van der Waals surface area contributed by atoms with Crippen LogP contribution in [0.4, 0.5) is 5.69 Å². The van der Waals surface area contributed by atoms with E-state index in [4.69, 9.17) is 4.74 Å². The van der Waals surface area contributed by atoms with Crippen LogP contribution in [0.15, 0.2) is 23.1 Å². The molecular weight excluding hydrogens is 446 g/mol. The number of nitrogens with zero attached hydrogens (tertiary/aromatic N) is 4. The number of hydrogen-bond acceptors (Lipinski definition) is 7. The number of ether oxygens (including phenoxy) is 1. The van der Waals surface area contributed by atoms with Gasteiger partial charge in [0.05, 0.1) is 18.1 Å². The molecule has 0 bridgehead atoms. The van der Waals surface area contributed by atoms with E-state index < -0.39 is 16.1 Å². The van der Waals surface area contributed by atoms with Gasteiger partial charge in [-0.3, -0.25) is 19.4 Å².